The monoisotopic (exact) mass is 280 g/mol. The molecule has 0 saturated heterocycles. The molecule has 0 radical (unpaired) electrons. The first kappa shape index (κ1) is 12.7. The van der Waals surface area contributed by atoms with Crippen LogP contribution in [0, 0.1) is 17.8 Å². The summed E-state index contributed by atoms with van der Waals surface area (Å²) in [5.41, 5.74) is 1.86. The molecule has 1 amide bonds. The molecule has 1 N–H and O–H groups in total. The molecule has 2 aliphatic carbocycles. The van der Waals surface area contributed by atoms with Crippen LogP contribution in [0.4, 0.5) is 0 Å². The van der Waals surface area contributed by atoms with Crippen LogP contribution in [0.25, 0.3) is 10.9 Å². The van der Waals surface area contributed by atoms with Gasteiger partial charge in [-0.3, -0.25) is 4.79 Å². The number of aromatic nitrogens is 1. The molecule has 1 heterocycles. The van der Waals surface area contributed by atoms with Gasteiger partial charge < -0.3 is 9.88 Å². The van der Waals surface area contributed by atoms with E-state index in [2.05, 4.69) is 23.5 Å². The van der Waals surface area contributed by atoms with Crippen LogP contribution in [0.15, 0.2) is 42.6 Å². The van der Waals surface area contributed by atoms with Gasteiger partial charge in [0, 0.05) is 30.9 Å². The molecule has 1 aromatic heterocycles. The fourth-order valence-electron chi connectivity index (χ4n) is 3.86. The Balaban J connectivity index is 1.46. The van der Waals surface area contributed by atoms with Crippen molar-refractivity contribution >= 4 is 16.8 Å². The normalized spacial score (nSPS) is 26.6. The summed E-state index contributed by atoms with van der Waals surface area (Å²) >= 11 is 0. The highest BCUT2D eigenvalue weighted by atomic mass is 16.1. The van der Waals surface area contributed by atoms with Crippen LogP contribution in [0.2, 0.25) is 0 Å². The number of allylic oxidation sites excluding steroid dienone is 2. The molecule has 21 heavy (non-hydrogen) atoms. The Bertz CT molecular complexity index is 728. The van der Waals surface area contributed by atoms with E-state index in [1.54, 1.807) is 0 Å². The van der Waals surface area contributed by atoms with E-state index in [0.717, 1.165) is 23.5 Å². The first-order valence-corrected chi connectivity index (χ1v) is 7.72. The van der Waals surface area contributed by atoms with Gasteiger partial charge >= 0.3 is 0 Å². The van der Waals surface area contributed by atoms with E-state index in [9.17, 15) is 4.79 Å². The van der Waals surface area contributed by atoms with Crippen molar-refractivity contribution in [2.24, 2.45) is 24.8 Å². The van der Waals surface area contributed by atoms with E-state index in [1.807, 2.05) is 36.0 Å². The summed E-state index contributed by atoms with van der Waals surface area (Å²) in [7, 11) is 2.01. The second-order valence-electron chi connectivity index (χ2n) is 6.45. The zero-order valence-corrected chi connectivity index (χ0v) is 12.3. The second-order valence-corrected chi connectivity index (χ2v) is 6.45. The topological polar surface area (TPSA) is 34.0 Å². The van der Waals surface area contributed by atoms with E-state index < -0.39 is 0 Å². The maximum Gasteiger partial charge on any atom is 0.251 e. The fourth-order valence-corrected chi connectivity index (χ4v) is 3.86. The lowest BCUT2D eigenvalue weighted by Crippen LogP contribution is -2.30. The highest BCUT2D eigenvalue weighted by Gasteiger charge is 2.35. The summed E-state index contributed by atoms with van der Waals surface area (Å²) in [4.78, 5) is 12.3. The summed E-state index contributed by atoms with van der Waals surface area (Å²) in [6.07, 6.45) is 9.22. The van der Waals surface area contributed by atoms with Gasteiger partial charge in [0.05, 0.1) is 0 Å². The molecule has 2 aliphatic rings. The van der Waals surface area contributed by atoms with Crippen molar-refractivity contribution in [3.8, 4) is 0 Å². The molecule has 0 aliphatic heterocycles. The number of amides is 1. The SMILES string of the molecule is Cn1ccc2ccc(C(=O)NCC3CC4C=CC3C4)cc21. The van der Waals surface area contributed by atoms with Crippen LogP contribution in [-0.4, -0.2) is 17.0 Å². The van der Waals surface area contributed by atoms with Gasteiger partial charge in [-0.2, -0.15) is 0 Å². The number of nitrogens with zero attached hydrogens (tertiary/aromatic N) is 1. The number of nitrogens with one attached hydrogen (secondary N) is 1. The summed E-state index contributed by atoms with van der Waals surface area (Å²) in [6, 6.07) is 7.98. The van der Waals surface area contributed by atoms with Crippen molar-refractivity contribution in [1.29, 1.82) is 0 Å². The third kappa shape index (κ3) is 2.17. The first-order valence-electron chi connectivity index (χ1n) is 7.72. The first-order chi connectivity index (χ1) is 10.2. The van der Waals surface area contributed by atoms with Crippen molar-refractivity contribution in [3.05, 3.63) is 48.2 Å². The van der Waals surface area contributed by atoms with Crippen LogP contribution in [0.1, 0.15) is 23.2 Å². The molecule has 3 heteroatoms. The molecule has 3 nitrogen and oxygen atoms in total. The smallest absolute Gasteiger partial charge is 0.251 e. The number of hydrogen-bond acceptors (Lipinski definition) is 1. The minimum Gasteiger partial charge on any atom is -0.352 e. The van der Waals surface area contributed by atoms with E-state index in [-0.39, 0.29) is 5.91 Å². The Morgan fingerprint density at radius 3 is 2.95 bits per heavy atom. The Morgan fingerprint density at radius 2 is 2.19 bits per heavy atom. The van der Waals surface area contributed by atoms with Crippen LogP contribution < -0.4 is 5.32 Å². The predicted molar refractivity (Wildman–Crippen MR) is 84.1 cm³/mol. The second kappa shape index (κ2) is 4.76. The summed E-state index contributed by atoms with van der Waals surface area (Å²) in [5, 5.41) is 4.29. The number of benzene rings is 1. The lowest BCUT2D eigenvalue weighted by atomic mass is 9.93. The van der Waals surface area contributed by atoms with Crippen LogP contribution in [-0.2, 0) is 7.05 Å². The van der Waals surface area contributed by atoms with Gasteiger partial charge in [-0.05, 0) is 54.2 Å². The van der Waals surface area contributed by atoms with Gasteiger partial charge in [0.25, 0.3) is 5.91 Å². The summed E-state index contributed by atoms with van der Waals surface area (Å²) < 4.78 is 2.05. The van der Waals surface area contributed by atoms with E-state index in [4.69, 9.17) is 0 Å². The Hall–Kier alpha value is -2.03. The molecule has 1 aromatic carbocycles. The number of aryl methyl sites for hydroxylation is 1. The minimum atomic E-state index is 0.0462. The molecular weight excluding hydrogens is 260 g/mol. The van der Waals surface area contributed by atoms with Crippen molar-refractivity contribution < 1.29 is 4.79 Å². The molecule has 1 fully saturated rings. The minimum absolute atomic E-state index is 0.0462. The van der Waals surface area contributed by atoms with E-state index in [1.165, 1.54) is 18.2 Å². The number of carbonyl (C=O) groups is 1. The zero-order valence-electron chi connectivity index (χ0n) is 12.3. The van der Waals surface area contributed by atoms with Crippen molar-refractivity contribution in [3.63, 3.8) is 0 Å². The molecule has 4 rings (SSSR count). The maximum absolute atomic E-state index is 12.3. The third-order valence-corrected chi connectivity index (χ3v) is 5.09. The van der Waals surface area contributed by atoms with Gasteiger partial charge in [-0.1, -0.05) is 18.2 Å². The highest BCUT2D eigenvalue weighted by Crippen LogP contribution is 2.42. The van der Waals surface area contributed by atoms with Gasteiger partial charge in [0.1, 0.15) is 0 Å². The van der Waals surface area contributed by atoms with Crippen molar-refractivity contribution in [1.82, 2.24) is 9.88 Å². The molecular formula is C18H20N2O. The molecule has 108 valence electrons. The summed E-state index contributed by atoms with van der Waals surface area (Å²) in [5.74, 6) is 2.12. The standard InChI is InChI=1S/C18H20N2O/c1-20-7-6-13-4-5-15(10-17(13)20)18(21)19-11-16-9-12-2-3-14(16)8-12/h2-7,10,12,14,16H,8-9,11H2,1H3,(H,19,21). The average molecular weight is 280 g/mol. The predicted octanol–water partition coefficient (Wildman–Crippen LogP) is 3.12. The van der Waals surface area contributed by atoms with E-state index >= 15 is 0 Å². The average Bonchev–Trinajstić information content (AvgIpc) is 3.20. The quantitative estimate of drug-likeness (QED) is 0.861. The van der Waals surface area contributed by atoms with Gasteiger partial charge in [0.15, 0.2) is 0 Å². The molecule has 2 aromatic rings. The fraction of sp³-hybridized carbons (Fsp3) is 0.389. The zero-order chi connectivity index (χ0) is 14.4. The molecule has 3 atom stereocenters. The van der Waals surface area contributed by atoms with Gasteiger partial charge in [-0.15, -0.1) is 0 Å². The third-order valence-electron chi connectivity index (χ3n) is 5.09. The maximum atomic E-state index is 12.3. The summed E-state index contributed by atoms with van der Waals surface area (Å²) in [6.45, 7) is 0.801. The lowest BCUT2D eigenvalue weighted by molar-refractivity contribution is 0.0945. The van der Waals surface area contributed by atoms with Crippen LogP contribution in [0.3, 0.4) is 0 Å². The number of fused-ring (bicyclic) bond motifs is 3. The number of carbonyl (C=O) groups excluding carboxylic acids is 1. The van der Waals surface area contributed by atoms with Crippen LogP contribution >= 0.6 is 0 Å². The van der Waals surface area contributed by atoms with Crippen molar-refractivity contribution in [2.75, 3.05) is 6.54 Å². The Labute approximate surface area is 124 Å². The molecule has 0 spiro atoms. The van der Waals surface area contributed by atoms with Gasteiger partial charge in [0.2, 0.25) is 0 Å². The molecule has 2 bridgehead atoms. The number of rotatable bonds is 3. The Morgan fingerprint density at radius 1 is 1.29 bits per heavy atom. The molecule has 1 saturated carbocycles. The van der Waals surface area contributed by atoms with Crippen LogP contribution in [0.5, 0.6) is 0 Å². The van der Waals surface area contributed by atoms with Gasteiger partial charge in [-0.25, -0.2) is 0 Å². The molecule has 3 unspecified atom stereocenters. The van der Waals surface area contributed by atoms with E-state index in [0.29, 0.717) is 11.8 Å². The number of hydrogen-bond donors (Lipinski definition) is 1. The lowest BCUT2D eigenvalue weighted by Gasteiger charge is -2.18. The highest BCUT2D eigenvalue weighted by molar-refractivity contribution is 5.98. The van der Waals surface area contributed by atoms with Crippen molar-refractivity contribution in [2.45, 2.75) is 12.8 Å². The largest absolute Gasteiger partial charge is 0.352 e. The Kier molecular flexibility index (Phi) is 2.88.